The number of nitrogens with one attached hydrogen (secondary N) is 1. The predicted octanol–water partition coefficient (Wildman–Crippen LogP) is 2.95. The molecule has 126 valence electrons. The molecule has 0 spiro atoms. The van der Waals surface area contributed by atoms with Gasteiger partial charge in [-0.1, -0.05) is 29.3 Å². The summed E-state index contributed by atoms with van der Waals surface area (Å²) in [6.07, 6.45) is 6.17. The van der Waals surface area contributed by atoms with Gasteiger partial charge < -0.3 is 4.40 Å². The van der Waals surface area contributed by atoms with Gasteiger partial charge in [-0.15, -0.1) is 0 Å². The number of sulfonamides is 1. The Morgan fingerprint density at radius 3 is 2.79 bits per heavy atom. The standard InChI is InChI=1S/C15H14Cl2N4O2S/c16-13-8-12(10-19-15(13)17)24(22,23)20-6-3-5-14-18-9-11-4-1-2-7-21(11)14/h1-2,4,7-10,20H,3,5-6H2. The molecule has 0 radical (unpaired) electrons. The summed E-state index contributed by atoms with van der Waals surface area (Å²) < 4.78 is 28.9. The van der Waals surface area contributed by atoms with E-state index in [4.69, 9.17) is 23.2 Å². The topological polar surface area (TPSA) is 76.4 Å². The number of aromatic nitrogens is 3. The van der Waals surface area contributed by atoms with Gasteiger partial charge in [0.2, 0.25) is 10.0 Å². The largest absolute Gasteiger partial charge is 0.304 e. The first-order valence-electron chi connectivity index (χ1n) is 7.19. The van der Waals surface area contributed by atoms with Crippen LogP contribution in [0.25, 0.3) is 5.52 Å². The molecule has 0 saturated heterocycles. The van der Waals surface area contributed by atoms with E-state index in [1.165, 1.54) is 12.3 Å². The van der Waals surface area contributed by atoms with Crippen LogP contribution in [0.5, 0.6) is 0 Å². The van der Waals surface area contributed by atoms with E-state index < -0.39 is 10.0 Å². The van der Waals surface area contributed by atoms with E-state index in [0.29, 0.717) is 12.8 Å². The summed E-state index contributed by atoms with van der Waals surface area (Å²) in [5.74, 6) is 0.890. The zero-order valence-corrected chi connectivity index (χ0v) is 14.8. The van der Waals surface area contributed by atoms with Gasteiger partial charge in [-0.3, -0.25) is 0 Å². The smallest absolute Gasteiger partial charge is 0.242 e. The summed E-state index contributed by atoms with van der Waals surface area (Å²) in [6.45, 7) is 0.282. The number of nitrogens with zero attached hydrogens (tertiary/aromatic N) is 3. The Morgan fingerprint density at radius 1 is 1.17 bits per heavy atom. The van der Waals surface area contributed by atoms with Crippen molar-refractivity contribution in [3.05, 3.63) is 58.9 Å². The lowest BCUT2D eigenvalue weighted by Crippen LogP contribution is -2.25. The van der Waals surface area contributed by atoms with Crippen LogP contribution in [0.1, 0.15) is 12.2 Å². The number of halogens is 2. The quantitative estimate of drug-likeness (QED) is 0.523. The van der Waals surface area contributed by atoms with Gasteiger partial charge in [0.15, 0.2) is 0 Å². The van der Waals surface area contributed by atoms with Crippen LogP contribution in [-0.2, 0) is 16.4 Å². The van der Waals surface area contributed by atoms with Gasteiger partial charge in [-0.05, 0) is 24.6 Å². The minimum Gasteiger partial charge on any atom is -0.304 e. The highest BCUT2D eigenvalue weighted by atomic mass is 35.5. The van der Waals surface area contributed by atoms with Crippen LogP contribution >= 0.6 is 23.2 Å². The molecule has 0 aliphatic rings. The fourth-order valence-electron chi connectivity index (χ4n) is 2.27. The maximum atomic E-state index is 12.2. The second-order valence-electron chi connectivity index (χ2n) is 5.11. The highest BCUT2D eigenvalue weighted by Crippen LogP contribution is 2.22. The van der Waals surface area contributed by atoms with Crippen molar-refractivity contribution in [2.45, 2.75) is 17.7 Å². The summed E-state index contributed by atoms with van der Waals surface area (Å²) in [7, 11) is -3.67. The number of imidazole rings is 1. The summed E-state index contributed by atoms with van der Waals surface area (Å²) in [4.78, 5) is 8.09. The Kier molecular flexibility index (Phi) is 5.05. The first kappa shape index (κ1) is 17.2. The Bertz CT molecular complexity index is 973. The molecule has 24 heavy (non-hydrogen) atoms. The molecule has 3 aromatic heterocycles. The zero-order valence-electron chi connectivity index (χ0n) is 12.5. The van der Waals surface area contributed by atoms with E-state index in [1.54, 1.807) is 6.20 Å². The van der Waals surface area contributed by atoms with E-state index in [1.807, 2.05) is 28.8 Å². The van der Waals surface area contributed by atoms with Crippen molar-refractivity contribution in [2.24, 2.45) is 0 Å². The normalized spacial score (nSPS) is 11.9. The third kappa shape index (κ3) is 3.70. The molecule has 0 aliphatic heterocycles. The molecule has 0 amide bonds. The van der Waals surface area contributed by atoms with E-state index in [2.05, 4.69) is 14.7 Å². The number of rotatable bonds is 6. The predicted molar refractivity (Wildman–Crippen MR) is 93.0 cm³/mol. The Labute approximate surface area is 149 Å². The van der Waals surface area contributed by atoms with Crippen LogP contribution in [0, 0.1) is 0 Å². The molecular formula is C15H14Cl2N4O2S. The fourth-order valence-corrected chi connectivity index (χ4v) is 3.65. The molecule has 0 atom stereocenters. The van der Waals surface area contributed by atoms with E-state index in [9.17, 15) is 8.42 Å². The van der Waals surface area contributed by atoms with Gasteiger partial charge in [-0.2, -0.15) is 0 Å². The van der Waals surface area contributed by atoms with Gasteiger partial charge >= 0.3 is 0 Å². The van der Waals surface area contributed by atoms with Crippen molar-refractivity contribution in [1.82, 2.24) is 19.1 Å². The monoisotopic (exact) mass is 384 g/mol. The van der Waals surface area contributed by atoms with Gasteiger partial charge in [0.05, 0.1) is 16.7 Å². The Morgan fingerprint density at radius 2 is 2.00 bits per heavy atom. The number of aryl methyl sites for hydroxylation is 1. The van der Waals surface area contributed by atoms with Crippen molar-refractivity contribution in [2.75, 3.05) is 6.54 Å². The molecule has 0 unspecified atom stereocenters. The first-order valence-corrected chi connectivity index (χ1v) is 9.43. The van der Waals surface area contributed by atoms with E-state index in [-0.39, 0.29) is 21.6 Å². The molecule has 3 aromatic rings. The van der Waals surface area contributed by atoms with Crippen molar-refractivity contribution in [3.8, 4) is 0 Å². The molecule has 0 fully saturated rings. The number of hydrogen-bond donors (Lipinski definition) is 1. The maximum Gasteiger partial charge on any atom is 0.242 e. The van der Waals surface area contributed by atoms with Crippen LogP contribution in [0.4, 0.5) is 0 Å². The van der Waals surface area contributed by atoms with Crippen molar-refractivity contribution >= 4 is 38.7 Å². The average Bonchev–Trinajstić information content (AvgIpc) is 2.97. The highest BCUT2D eigenvalue weighted by molar-refractivity contribution is 7.89. The van der Waals surface area contributed by atoms with E-state index in [0.717, 1.165) is 11.3 Å². The molecule has 0 aromatic carbocycles. The number of pyridine rings is 2. The fraction of sp³-hybridized carbons (Fsp3) is 0.200. The molecule has 3 rings (SSSR count). The lowest BCUT2D eigenvalue weighted by molar-refractivity contribution is 0.577. The molecule has 0 aliphatic carbocycles. The van der Waals surface area contributed by atoms with Crippen LogP contribution in [0.3, 0.4) is 0 Å². The summed E-state index contributed by atoms with van der Waals surface area (Å²) in [6, 6.07) is 7.12. The summed E-state index contributed by atoms with van der Waals surface area (Å²) in [5.41, 5.74) is 1.01. The van der Waals surface area contributed by atoms with Crippen LogP contribution in [0.2, 0.25) is 10.2 Å². The number of hydrogen-bond acceptors (Lipinski definition) is 4. The van der Waals surface area contributed by atoms with Gasteiger partial charge in [0.25, 0.3) is 0 Å². The second kappa shape index (κ2) is 7.06. The SMILES string of the molecule is O=S(=O)(NCCCc1ncc2ccccn12)c1cnc(Cl)c(Cl)c1. The molecule has 9 heteroatoms. The lowest BCUT2D eigenvalue weighted by atomic mass is 10.3. The third-order valence-corrected chi connectivity index (χ3v) is 5.58. The maximum absolute atomic E-state index is 12.2. The molecule has 6 nitrogen and oxygen atoms in total. The van der Waals surface area contributed by atoms with Crippen LogP contribution in [0.15, 0.2) is 47.8 Å². The Hall–Kier alpha value is -1.67. The minimum absolute atomic E-state index is 0.0110. The molecule has 0 bridgehead atoms. The Balaban J connectivity index is 1.60. The molecule has 0 saturated carbocycles. The lowest BCUT2D eigenvalue weighted by Gasteiger charge is -2.07. The summed E-state index contributed by atoms with van der Waals surface area (Å²) in [5, 5.41) is 0.171. The average molecular weight is 385 g/mol. The van der Waals surface area contributed by atoms with Crippen LogP contribution in [-0.4, -0.2) is 29.3 Å². The minimum atomic E-state index is -3.67. The molecule has 3 heterocycles. The van der Waals surface area contributed by atoms with Crippen LogP contribution < -0.4 is 4.72 Å². The van der Waals surface area contributed by atoms with Crippen molar-refractivity contribution in [3.63, 3.8) is 0 Å². The molecule has 1 N–H and O–H groups in total. The zero-order chi connectivity index (χ0) is 17.2. The van der Waals surface area contributed by atoms with Crippen molar-refractivity contribution < 1.29 is 8.42 Å². The summed E-state index contributed by atoms with van der Waals surface area (Å²) >= 11 is 11.5. The van der Waals surface area contributed by atoms with Crippen molar-refractivity contribution in [1.29, 1.82) is 0 Å². The van der Waals surface area contributed by atoms with Gasteiger partial charge in [-0.25, -0.2) is 23.1 Å². The second-order valence-corrected chi connectivity index (χ2v) is 7.65. The third-order valence-electron chi connectivity index (χ3n) is 3.47. The molecular weight excluding hydrogens is 371 g/mol. The number of fused-ring (bicyclic) bond motifs is 1. The highest BCUT2D eigenvalue weighted by Gasteiger charge is 2.15. The first-order chi connectivity index (χ1) is 11.5. The van der Waals surface area contributed by atoms with Gasteiger partial charge in [0, 0.05) is 25.4 Å². The van der Waals surface area contributed by atoms with E-state index >= 15 is 0 Å². The van der Waals surface area contributed by atoms with Gasteiger partial charge in [0.1, 0.15) is 15.9 Å².